The molecule has 1 heterocycles. The zero-order valence-corrected chi connectivity index (χ0v) is 9.90. The van der Waals surface area contributed by atoms with E-state index in [2.05, 4.69) is 11.9 Å². The van der Waals surface area contributed by atoms with E-state index in [1.807, 2.05) is 48.9 Å². The first-order chi connectivity index (χ1) is 7.72. The van der Waals surface area contributed by atoms with Gasteiger partial charge in [-0.25, -0.2) is 4.98 Å². The van der Waals surface area contributed by atoms with Crippen molar-refractivity contribution in [3.05, 3.63) is 41.7 Å². The first kappa shape index (κ1) is 10.7. The highest BCUT2D eigenvalue weighted by atomic mass is 16.5. The van der Waals surface area contributed by atoms with Crippen LogP contribution in [0, 0.1) is 13.8 Å². The van der Waals surface area contributed by atoms with Crippen LogP contribution in [0.1, 0.15) is 18.2 Å². The van der Waals surface area contributed by atoms with Crippen molar-refractivity contribution in [2.75, 3.05) is 0 Å². The van der Waals surface area contributed by atoms with Crippen molar-refractivity contribution in [2.45, 2.75) is 27.3 Å². The summed E-state index contributed by atoms with van der Waals surface area (Å²) in [5.74, 6) is 0.864. The predicted molar refractivity (Wildman–Crippen MR) is 63.9 cm³/mol. The quantitative estimate of drug-likeness (QED) is 0.787. The minimum absolute atomic E-state index is 0.661. The van der Waals surface area contributed by atoms with Gasteiger partial charge in [0.15, 0.2) is 0 Å². The zero-order valence-electron chi connectivity index (χ0n) is 9.90. The number of ether oxygens (including phenoxy) is 1. The second-order valence-electron chi connectivity index (χ2n) is 3.79. The summed E-state index contributed by atoms with van der Waals surface area (Å²) in [5, 5.41) is 0. The number of benzene rings is 1. The maximum atomic E-state index is 5.80. The summed E-state index contributed by atoms with van der Waals surface area (Å²) in [5.41, 5.74) is 2.23. The second kappa shape index (κ2) is 4.39. The first-order valence-corrected chi connectivity index (χ1v) is 5.48. The second-order valence-corrected chi connectivity index (χ2v) is 3.79. The monoisotopic (exact) mass is 216 g/mol. The standard InChI is InChI=1S/C13H16N2O/c1-4-15-11(3)9-14-13(15)16-12-8-6-5-7-10(12)2/h5-9H,4H2,1-3H3. The van der Waals surface area contributed by atoms with Crippen LogP contribution in [-0.2, 0) is 6.54 Å². The average Bonchev–Trinajstić information content (AvgIpc) is 2.63. The fourth-order valence-electron chi connectivity index (χ4n) is 1.67. The Morgan fingerprint density at radius 2 is 2.00 bits per heavy atom. The van der Waals surface area contributed by atoms with Crippen LogP contribution in [0.15, 0.2) is 30.5 Å². The van der Waals surface area contributed by atoms with Crippen LogP contribution in [0.25, 0.3) is 0 Å². The molecule has 0 aliphatic heterocycles. The van der Waals surface area contributed by atoms with Crippen molar-refractivity contribution in [1.29, 1.82) is 0 Å². The van der Waals surface area contributed by atoms with E-state index in [1.165, 1.54) is 0 Å². The van der Waals surface area contributed by atoms with Gasteiger partial charge in [-0.2, -0.15) is 0 Å². The number of hydrogen-bond donors (Lipinski definition) is 0. The number of aryl methyl sites for hydroxylation is 2. The minimum atomic E-state index is 0.661. The van der Waals surface area contributed by atoms with E-state index in [1.54, 1.807) is 0 Å². The number of hydrogen-bond acceptors (Lipinski definition) is 2. The normalized spacial score (nSPS) is 10.4. The van der Waals surface area contributed by atoms with Crippen LogP contribution in [0.4, 0.5) is 0 Å². The zero-order chi connectivity index (χ0) is 11.5. The topological polar surface area (TPSA) is 27.1 Å². The summed E-state index contributed by atoms with van der Waals surface area (Å²) in [4.78, 5) is 4.26. The van der Waals surface area contributed by atoms with Crippen molar-refractivity contribution in [1.82, 2.24) is 9.55 Å². The SMILES string of the molecule is CCn1c(C)cnc1Oc1ccccc1C. The van der Waals surface area contributed by atoms with Crippen molar-refractivity contribution in [3.8, 4) is 11.8 Å². The third kappa shape index (κ3) is 1.94. The van der Waals surface area contributed by atoms with E-state index >= 15 is 0 Å². The average molecular weight is 216 g/mol. The number of para-hydroxylation sites is 1. The molecule has 0 saturated heterocycles. The minimum Gasteiger partial charge on any atom is -0.425 e. The highest BCUT2D eigenvalue weighted by molar-refractivity contribution is 5.34. The van der Waals surface area contributed by atoms with Crippen LogP contribution in [0.3, 0.4) is 0 Å². The lowest BCUT2D eigenvalue weighted by molar-refractivity contribution is 0.410. The summed E-state index contributed by atoms with van der Waals surface area (Å²) in [6, 6.07) is 8.61. The summed E-state index contributed by atoms with van der Waals surface area (Å²) >= 11 is 0. The van der Waals surface area contributed by atoms with Crippen molar-refractivity contribution < 1.29 is 4.74 Å². The van der Waals surface area contributed by atoms with Crippen LogP contribution in [0.2, 0.25) is 0 Å². The van der Waals surface area contributed by atoms with Crippen LogP contribution in [0.5, 0.6) is 11.8 Å². The Labute approximate surface area is 95.7 Å². The number of imidazole rings is 1. The molecule has 0 atom stereocenters. The number of aromatic nitrogens is 2. The number of nitrogens with zero attached hydrogens (tertiary/aromatic N) is 2. The highest BCUT2D eigenvalue weighted by Gasteiger charge is 2.08. The smallest absolute Gasteiger partial charge is 0.302 e. The molecule has 3 heteroatoms. The third-order valence-electron chi connectivity index (χ3n) is 2.63. The maximum Gasteiger partial charge on any atom is 0.302 e. The largest absolute Gasteiger partial charge is 0.425 e. The molecule has 0 radical (unpaired) electrons. The van der Waals surface area contributed by atoms with Gasteiger partial charge in [0.05, 0.1) is 6.20 Å². The molecule has 1 aromatic carbocycles. The third-order valence-corrected chi connectivity index (χ3v) is 2.63. The lowest BCUT2D eigenvalue weighted by atomic mass is 10.2. The molecule has 84 valence electrons. The Morgan fingerprint density at radius 3 is 2.69 bits per heavy atom. The highest BCUT2D eigenvalue weighted by Crippen LogP contribution is 2.24. The molecule has 0 N–H and O–H groups in total. The number of rotatable bonds is 3. The fourth-order valence-corrected chi connectivity index (χ4v) is 1.67. The van der Waals surface area contributed by atoms with Gasteiger partial charge in [-0.3, -0.25) is 4.57 Å². The molecule has 0 unspecified atom stereocenters. The lowest BCUT2D eigenvalue weighted by Gasteiger charge is -2.09. The van der Waals surface area contributed by atoms with E-state index in [-0.39, 0.29) is 0 Å². The van der Waals surface area contributed by atoms with Crippen LogP contribution in [-0.4, -0.2) is 9.55 Å². The van der Waals surface area contributed by atoms with Crippen molar-refractivity contribution in [3.63, 3.8) is 0 Å². The van der Waals surface area contributed by atoms with E-state index < -0.39 is 0 Å². The Bertz CT molecular complexity index is 488. The Hall–Kier alpha value is -1.77. The Balaban J connectivity index is 2.31. The summed E-state index contributed by atoms with van der Waals surface area (Å²) in [6.45, 7) is 7.01. The summed E-state index contributed by atoms with van der Waals surface area (Å²) in [7, 11) is 0. The van der Waals surface area contributed by atoms with Crippen molar-refractivity contribution in [2.24, 2.45) is 0 Å². The van der Waals surface area contributed by atoms with E-state index in [0.29, 0.717) is 6.01 Å². The molecule has 2 aromatic rings. The Morgan fingerprint density at radius 1 is 1.25 bits per heavy atom. The molecule has 0 aliphatic carbocycles. The van der Waals surface area contributed by atoms with Gasteiger partial charge in [-0.15, -0.1) is 0 Å². The molecule has 0 spiro atoms. The fraction of sp³-hybridized carbons (Fsp3) is 0.308. The molecule has 0 bridgehead atoms. The van der Waals surface area contributed by atoms with Crippen LogP contribution < -0.4 is 4.74 Å². The molecular weight excluding hydrogens is 200 g/mol. The lowest BCUT2D eigenvalue weighted by Crippen LogP contribution is -2.00. The summed E-state index contributed by atoms with van der Waals surface area (Å²) < 4.78 is 7.85. The van der Waals surface area contributed by atoms with Gasteiger partial charge in [0, 0.05) is 12.2 Å². The molecule has 3 nitrogen and oxygen atoms in total. The maximum absolute atomic E-state index is 5.80. The molecule has 1 aromatic heterocycles. The van der Waals surface area contributed by atoms with Gasteiger partial charge in [0.25, 0.3) is 0 Å². The molecule has 0 fully saturated rings. The summed E-state index contributed by atoms with van der Waals surface area (Å²) in [6.07, 6.45) is 1.83. The molecule has 2 rings (SSSR count). The van der Waals surface area contributed by atoms with Crippen molar-refractivity contribution >= 4 is 0 Å². The Kier molecular flexibility index (Phi) is 2.95. The van der Waals surface area contributed by atoms with E-state index in [4.69, 9.17) is 4.74 Å². The van der Waals surface area contributed by atoms with Crippen LogP contribution >= 0.6 is 0 Å². The first-order valence-electron chi connectivity index (χ1n) is 5.48. The molecule has 0 amide bonds. The van der Waals surface area contributed by atoms with E-state index in [9.17, 15) is 0 Å². The van der Waals surface area contributed by atoms with Gasteiger partial charge in [-0.1, -0.05) is 18.2 Å². The molecule has 16 heavy (non-hydrogen) atoms. The van der Waals surface area contributed by atoms with E-state index in [0.717, 1.165) is 23.6 Å². The van der Waals surface area contributed by atoms with Gasteiger partial charge < -0.3 is 4.74 Å². The molecule has 0 saturated carbocycles. The predicted octanol–water partition coefficient (Wildman–Crippen LogP) is 3.31. The van der Waals surface area contributed by atoms with Gasteiger partial charge in [0.2, 0.25) is 0 Å². The molecular formula is C13H16N2O. The van der Waals surface area contributed by atoms with Gasteiger partial charge in [0.1, 0.15) is 5.75 Å². The van der Waals surface area contributed by atoms with Gasteiger partial charge >= 0.3 is 6.01 Å². The molecule has 0 aliphatic rings. The van der Waals surface area contributed by atoms with Gasteiger partial charge in [-0.05, 0) is 32.4 Å².